The lowest BCUT2D eigenvalue weighted by Crippen LogP contribution is -2.34. The van der Waals surface area contributed by atoms with Gasteiger partial charge in [0.05, 0.1) is 12.0 Å². The van der Waals surface area contributed by atoms with E-state index in [4.69, 9.17) is 9.84 Å². The van der Waals surface area contributed by atoms with Gasteiger partial charge in [-0.2, -0.15) is 0 Å². The maximum Gasteiger partial charge on any atom is 0.339 e. The fourth-order valence-electron chi connectivity index (χ4n) is 1.69. The molecule has 0 amide bonds. The van der Waals surface area contributed by atoms with Gasteiger partial charge in [-0.15, -0.1) is 0 Å². The average molecular weight is 285 g/mol. The topological polar surface area (TPSA) is 92.7 Å². The summed E-state index contributed by atoms with van der Waals surface area (Å²) in [6.07, 6.45) is 1.57. The van der Waals surface area contributed by atoms with Crippen molar-refractivity contribution in [3.05, 3.63) is 23.8 Å². The first-order valence-electron chi connectivity index (χ1n) is 5.73. The summed E-state index contributed by atoms with van der Waals surface area (Å²) in [5.41, 5.74) is -0.575. The molecule has 7 heteroatoms. The molecule has 1 saturated carbocycles. The van der Waals surface area contributed by atoms with Crippen molar-refractivity contribution in [2.24, 2.45) is 0 Å². The Morgan fingerprint density at radius 1 is 1.42 bits per heavy atom. The first-order valence-corrected chi connectivity index (χ1v) is 7.21. The molecule has 1 aromatic rings. The fourth-order valence-corrected chi connectivity index (χ4v) is 3.19. The summed E-state index contributed by atoms with van der Waals surface area (Å²) in [7, 11) is -2.37. The average Bonchev–Trinajstić information content (AvgIpc) is 3.04. The van der Waals surface area contributed by atoms with Crippen LogP contribution < -0.4 is 9.46 Å². The third-order valence-electron chi connectivity index (χ3n) is 3.09. The van der Waals surface area contributed by atoms with Gasteiger partial charge in [0.1, 0.15) is 11.3 Å². The number of sulfonamides is 1. The molecule has 0 unspecified atom stereocenters. The molecule has 0 aliphatic heterocycles. The Balaban J connectivity index is 2.40. The number of nitrogens with one attached hydrogen (secondary N) is 1. The second-order valence-electron chi connectivity index (χ2n) is 4.83. The third kappa shape index (κ3) is 2.87. The van der Waals surface area contributed by atoms with E-state index < -0.39 is 21.5 Å². The highest BCUT2D eigenvalue weighted by molar-refractivity contribution is 7.89. The van der Waals surface area contributed by atoms with Crippen LogP contribution in [-0.2, 0) is 10.0 Å². The first-order chi connectivity index (χ1) is 8.77. The SMILES string of the molecule is COc1ccc(S(=O)(=O)NC2(C)CC2)cc1C(=O)O. The summed E-state index contributed by atoms with van der Waals surface area (Å²) in [6, 6.07) is 3.78. The van der Waals surface area contributed by atoms with Gasteiger partial charge in [0, 0.05) is 5.54 Å². The molecule has 0 spiro atoms. The Kier molecular flexibility index (Phi) is 3.27. The number of aromatic carboxylic acids is 1. The van der Waals surface area contributed by atoms with Crippen molar-refractivity contribution in [3.8, 4) is 5.75 Å². The van der Waals surface area contributed by atoms with Crippen molar-refractivity contribution in [1.82, 2.24) is 4.72 Å². The van der Waals surface area contributed by atoms with Crippen molar-refractivity contribution in [1.29, 1.82) is 0 Å². The van der Waals surface area contributed by atoms with E-state index in [-0.39, 0.29) is 16.2 Å². The zero-order valence-electron chi connectivity index (χ0n) is 10.6. The van der Waals surface area contributed by atoms with Crippen molar-refractivity contribution >= 4 is 16.0 Å². The molecule has 1 aromatic carbocycles. The maximum atomic E-state index is 12.1. The van der Waals surface area contributed by atoms with Crippen LogP contribution >= 0.6 is 0 Å². The van der Waals surface area contributed by atoms with E-state index >= 15 is 0 Å². The quantitative estimate of drug-likeness (QED) is 0.848. The number of ether oxygens (including phenoxy) is 1. The number of hydrogen-bond acceptors (Lipinski definition) is 4. The molecule has 0 bridgehead atoms. The molecule has 1 aliphatic rings. The molecule has 0 saturated heterocycles. The zero-order valence-corrected chi connectivity index (χ0v) is 11.5. The highest BCUT2D eigenvalue weighted by Crippen LogP contribution is 2.36. The van der Waals surface area contributed by atoms with E-state index in [0.29, 0.717) is 0 Å². The maximum absolute atomic E-state index is 12.1. The van der Waals surface area contributed by atoms with Crippen LogP contribution in [0.1, 0.15) is 30.1 Å². The number of carboxylic acid groups (broad SMARTS) is 1. The minimum absolute atomic E-state index is 0.0705. The number of carboxylic acids is 1. The van der Waals surface area contributed by atoms with Gasteiger partial charge in [-0.25, -0.2) is 17.9 Å². The van der Waals surface area contributed by atoms with Gasteiger partial charge in [0.15, 0.2) is 0 Å². The Bertz CT molecular complexity index is 619. The van der Waals surface area contributed by atoms with Crippen LogP contribution in [0.3, 0.4) is 0 Å². The van der Waals surface area contributed by atoms with E-state index in [0.717, 1.165) is 18.9 Å². The molecule has 19 heavy (non-hydrogen) atoms. The van der Waals surface area contributed by atoms with Gasteiger partial charge in [-0.3, -0.25) is 0 Å². The van der Waals surface area contributed by atoms with Crippen LogP contribution in [0.5, 0.6) is 5.75 Å². The molecule has 2 N–H and O–H groups in total. The van der Waals surface area contributed by atoms with Crippen molar-refractivity contribution in [2.45, 2.75) is 30.2 Å². The van der Waals surface area contributed by atoms with Gasteiger partial charge >= 0.3 is 5.97 Å². The van der Waals surface area contributed by atoms with Crippen molar-refractivity contribution < 1.29 is 23.1 Å². The van der Waals surface area contributed by atoms with Crippen LogP contribution in [0.2, 0.25) is 0 Å². The molecule has 104 valence electrons. The Morgan fingerprint density at radius 3 is 2.53 bits per heavy atom. The summed E-state index contributed by atoms with van der Waals surface area (Å²) in [4.78, 5) is 11.0. The highest BCUT2D eigenvalue weighted by Gasteiger charge is 2.41. The van der Waals surface area contributed by atoms with Gasteiger partial charge < -0.3 is 9.84 Å². The van der Waals surface area contributed by atoms with Gasteiger partial charge in [0.25, 0.3) is 0 Å². The van der Waals surface area contributed by atoms with E-state index in [1.54, 1.807) is 0 Å². The van der Waals surface area contributed by atoms with E-state index in [1.165, 1.54) is 19.2 Å². The van der Waals surface area contributed by atoms with Crippen molar-refractivity contribution in [3.63, 3.8) is 0 Å². The summed E-state index contributed by atoms with van der Waals surface area (Å²) < 4.78 is 31.7. The summed E-state index contributed by atoms with van der Waals surface area (Å²) in [5.74, 6) is -1.10. The number of hydrogen-bond donors (Lipinski definition) is 2. The van der Waals surface area contributed by atoms with Gasteiger partial charge in [-0.1, -0.05) is 0 Å². The van der Waals surface area contributed by atoms with Crippen LogP contribution in [0, 0.1) is 0 Å². The largest absolute Gasteiger partial charge is 0.496 e. The lowest BCUT2D eigenvalue weighted by Gasteiger charge is -2.13. The van der Waals surface area contributed by atoms with E-state index in [9.17, 15) is 13.2 Å². The Hall–Kier alpha value is -1.60. The molecule has 0 atom stereocenters. The second kappa shape index (κ2) is 4.50. The normalized spacial score (nSPS) is 16.9. The van der Waals surface area contributed by atoms with E-state index in [1.807, 2.05) is 6.92 Å². The van der Waals surface area contributed by atoms with Crippen LogP contribution in [0.15, 0.2) is 23.1 Å². The smallest absolute Gasteiger partial charge is 0.339 e. The molecule has 6 nitrogen and oxygen atoms in total. The Labute approximate surface area is 111 Å². The number of rotatable bonds is 5. The summed E-state index contributed by atoms with van der Waals surface area (Å²) >= 11 is 0. The lowest BCUT2D eigenvalue weighted by molar-refractivity contribution is 0.0693. The van der Waals surface area contributed by atoms with Gasteiger partial charge in [0.2, 0.25) is 10.0 Å². The van der Waals surface area contributed by atoms with E-state index in [2.05, 4.69) is 4.72 Å². The standard InChI is InChI=1S/C12H15NO5S/c1-12(5-6-12)13-19(16,17)8-3-4-10(18-2)9(7-8)11(14)15/h3-4,7,13H,5-6H2,1-2H3,(H,14,15). The van der Waals surface area contributed by atoms with Crippen LogP contribution in [0.4, 0.5) is 0 Å². The first kappa shape index (κ1) is 13.8. The molecule has 0 radical (unpaired) electrons. The minimum Gasteiger partial charge on any atom is -0.496 e. The Morgan fingerprint density at radius 2 is 2.05 bits per heavy atom. The molecule has 0 heterocycles. The number of carbonyl (C=O) groups is 1. The molecule has 2 rings (SSSR count). The minimum atomic E-state index is -3.71. The number of benzene rings is 1. The monoisotopic (exact) mass is 285 g/mol. The molecular weight excluding hydrogens is 270 g/mol. The highest BCUT2D eigenvalue weighted by atomic mass is 32.2. The van der Waals surface area contributed by atoms with Crippen LogP contribution in [0.25, 0.3) is 0 Å². The summed E-state index contributed by atoms with van der Waals surface area (Å²) in [5, 5.41) is 9.04. The lowest BCUT2D eigenvalue weighted by atomic mass is 10.2. The molecule has 0 aromatic heterocycles. The summed E-state index contributed by atoms with van der Waals surface area (Å²) in [6.45, 7) is 1.81. The zero-order chi connectivity index (χ0) is 14.3. The molecular formula is C12H15NO5S. The van der Waals surface area contributed by atoms with Crippen LogP contribution in [-0.4, -0.2) is 32.1 Å². The second-order valence-corrected chi connectivity index (χ2v) is 6.52. The van der Waals surface area contributed by atoms with Crippen molar-refractivity contribution in [2.75, 3.05) is 7.11 Å². The predicted molar refractivity (Wildman–Crippen MR) is 67.9 cm³/mol. The fraction of sp³-hybridized carbons (Fsp3) is 0.417. The molecule has 1 aliphatic carbocycles. The molecule has 1 fully saturated rings. The predicted octanol–water partition coefficient (Wildman–Crippen LogP) is 1.22. The third-order valence-corrected chi connectivity index (χ3v) is 4.73. The number of methoxy groups -OCH3 is 1. The van der Waals surface area contributed by atoms with Gasteiger partial charge in [-0.05, 0) is 38.0 Å².